The van der Waals surface area contributed by atoms with Crippen LogP contribution in [0.15, 0.2) is 24.3 Å². The molecule has 0 aromatic heterocycles. The molecule has 120 valence electrons. The summed E-state index contributed by atoms with van der Waals surface area (Å²) in [6, 6.07) is 6.56. The zero-order chi connectivity index (χ0) is 16.2. The van der Waals surface area contributed by atoms with Crippen LogP contribution in [0.25, 0.3) is 0 Å². The van der Waals surface area contributed by atoms with E-state index in [1.807, 2.05) is 0 Å². The van der Waals surface area contributed by atoms with E-state index >= 15 is 0 Å². The Hall–Kier alpha value is -1.92. The fourth-order valence-electron chi connectivity index (χ4n) is 2.68. The van der Waals surface area contributed by atoms with Crippen LogP contribution in [0.3, 0.4) is 0 Å². The van der Waals surface area contributed by atoms with E-state index in [4.69, 9.17) is 11.5 Å². The molecule has 0 spiro atoms. The Morgan fingerprint density at radius 1 is 1.32 bits per heavy atom. The summed E-state index contributed by atoms with van der Waals surface area (Å²) in [5, 5.41) is 2.82. The van der Waals surface area contributed by atoms with Gasteiger partial charge in [0, 0.05) is 30.8 Å². The van der Waals surface area contributed by atoms with Gasteiger partial charge in [-0.25, -0.2) is 0 Å². The van der Waals surface area contributed by atoms with Crippen LogP contribution in [0.1, 0.15) is 30.1 Å². The summed E-state index contributed by atoms with van der Waals surface area (Å²) in [4.78, 5) is 25.2. The lowest BCUT2D eigenvalue weighted by molar-refractivity contribution is -0.116. The maximum absolute atomic E-state index is 12.0. The van der Waals surface area contributed by atoms with Gasteiger partial charge in [-0.1, -0.05) is 6.92 Å². The molecule has 5 N–H and O–H groups in total. The lowest BCUT2D eigenvalue weighted by atomic mass is 9.90. The van der Waals surface area contributed by atoms with Crippen LogP contribution in [0.4, 0.5) is 5.69 Å². The number of anilines is 1. The molecule has 0 radical (unpaired) electrons. The van der Waals surface area contributed by atoms with Crippen molar-refractivity contribution in [2.45, 2.75) is 19.8 Å². The predicted molar refractivity (Wildman–Crippen MR) is 86.4 cm³/mol. The summed E-state index contributed by atoms with van der Waals surface area (Å²) in [6.45, 7) is 5.55. The van der Waals surface area contributed by atoms with Crippen LogP contribution in [-0.2, 0) is 4.79 Å². The molecule has 1 fully saturated rings. The standard InChI is InChI=1S/C16H24N4O2/c1-16(10-17)7-9-20(11-16)8-6-14(21)19-13-4-2-12(3-5-13)15(18)22/h2-5H,6-11,17H2,1H3,(H2,18,22)(H,19,21). The molecule has 6 nitrogen and oxygen atoms in total. The maximum Gasteiger partial charge on any atom is 0.248 e. The van der Waals surface area contributed by atoms with Gasteiger partial charge in [0.2, 0.25) is 11.8 Å². The minimum absolute atomic E-state index is 0.0341. The van der Waals surface area contributed by atoms with Gasteiger partial charge in [-0.05, 0) is 49.2 Å². The highest BCUT2D eigenvalue weighted by atomic mass is 16.2. The molecule has 0 aliphatic carbocycles. The summed E-state index contributed by atoms with van der Waals surface area (Å²) in [6.07, 6.45) is 1.53. The summed E-state index contributed by atoms with van der Waals surface area (Å²) < 4.78 is 0. The molecule has 1 saturated heterocycles. The van der Waals surface area contributed by atoms with Gasteiger partial charge in [-0.2, -0.15) is 0 Å². The number of benzene rings is 1. The van der Waals surface area contributed by atoms with Gasteiger partial charge < -0.3 is 21.7 Å². The minimum atomic E-state index is -0.477. The molecule has 0 saturated carbocycles. The second-order valence-electron chi connectivity index (χ2n) is 6.28. The van der Waals surface area contributed by atoms with E-state index in [0.717, 1.165) is 26.1 Å². The van der Waals surface area contributed by atoms with E-state index in [1.165, 1.54) is 0 Å². The van der Waals surface area contributed by atoms with Crippen LogP contribution in [0, 0.1) is 5.41 Å². The number of carbonyl (C=O) groups excluding carboxylic acids is 2. The molecule has 6 heteroatoms. The van der Waals surface area contributed by atoms with E-state index in [-0.39, 0.29) is 11.3 Å². The highest BCUT2D eigenvalue weighted by Gasteiger charge is 2.32. The molecule has 1 aromatic carbocycles. The highest BCUT2D eigenvalue weighted by Crippen LogP contribution is 2.28. The van der Waals surface area contributed by atoms with Gasteiger partial charge in [0.15, 0.2) is 0 Å². The average Bonchev–Trinajstić information content (AvgIpc) is 2.88. The quantitative estimate of drug-likeness (QED) is 0.723. The first kappa shape index (κ1) is 16.5. The Balaban J connectivity index is 1.77. The number of nitrogens with two attached hydrogens (primary N) is 2. The second-order valence-corrected chi connectivity index (χ2v) is 6.28. The van der Waals surface area contributed by atoms with Crippen molar-refractivity contribution in [3.63, 3.8) is 0 Å². The smallest absolute Gasteiger partial charge is 0.248 e. The molecule has 1 aliphatic heterocycles. The first-order valence-corrected chi connectivity index (χ1v) is 7.54. The van der Waals surface area contributed by atoms with Crippen LogP contribution in [0.2, 0.25) is 0 Å². The van der Waals surface area contributed by atoms with Gasteiger partial charge in [0.1, 0.15) is 0 Å². The van der Waals surface area contributed by atoms with Crippen LogP contribution in [0.5, 0.6) is 0 Å². The lowest BCUT2D eigenvalue weighted by Crippen LogP contribution is -2.32. The van der Waals surface area contributed by atoms with Crippen molar-refractivity contribution in [3.8, 4) is 0 Å². The fourth-order valence-corrected chi connectivity index (χ4v) is 2.68. The normalized spacial score (nSPS) is 21.7. The molecular weight excluding hydrogens is 280 g/mol. The lowest BCUT2D eigenvalue weighted by Gasteiger charge is -2.22. The Morgan fingerprint density at radius 3 is 2.55 bits per heavy atom. The van der Waals surface area contributed by atoms with Crippen molar-refractivity contribution >= 4 is 17.5 Å². The summed E-state index contributed by atoms with van der Waals surface area (Å²) in [7, 11) is 0. The van der Waals surface area contributed by atoms with Crippen molar-refractivity contribution in [2.24, 2.45) is 16.9 Å². The SMILES string of the molecule is CC1(CN)CCN(CCC(=O)Nc2ccc(C(N)=O)cc2)C1. The third-order valence-electron chi connectivity index (χ3n) is 4.24. The second kappa shape index (κ2) is 6.89. The Morgan fingerprint density at radius 2 is 2.00 bits per heavy atom. The third kappa shape index (κ3) is 4.29. The zero-order valence-corrected chi connectivity index (χ0v) is 13.0. The number of hydrogen-bond donors (Lipinski definition) is 3. The van der Waals surface area contributed by atoms with Crippen molar-refractivity contribution in [2.75, 3.05) is 31.5 Å². The number of nitrogens with one attached hydrogen (secondary N) is 1. The van der Waals surface area contributed by atoms with Crippen LogP contribution in [-0.4, -0.2) is 42.9 Å². The van der Waals surface area contributed by atoms with Crippen LogP contribution < -0.4 is 16.8 Å². The van der Waals surface area contributed by atoms with Gasteiger partial charge in [-0.3, -0.25) is 9.59 Å². The molecule has 1 heterocycles. The van der Waals surface area contributed by atoms with Crippen LogP contribution >= 0.6 is 0 Å². The highest BCUT2D eigenvalue weighted by molar-refractivity contribution is 5.94. The van der Waals surface area contributed by atoms with Gasteiger partial charge >= 0.3 is 0 Å². The average molecular weight is 304 g/mol. The molecular formula is C16H24N4O2. The van der Waals surface area contributed by atoms with E-state index in [9.17, 15) is 9.59 Å². The molecule has 22 heavy (non-hydrogen) atoms. The summed E-state index contributed by atoms with van der Waals surface area (Å²) in [5.74, 6) is -0.511. The maximum atomic E-state index is 12.0. The number of nitrogens with zero attached hydrogens (tertiary/aromatic N) is 1. The first-order chi connectivity index (χ1) is 10.4. The van der Waals surface area contributed by atoms with E-state index < -0.39 is 5.91 Å². The fraction of sp³-hybridized carbons (Fsp3) is 0.500. The largest absolute Gasteiger partial charge is 0.366 e. The summed E-state index contributed by atoms with van der Waals surface area (Å²) >= 11 is 0. The number of primary amides is 1. The van der Waals surface area contributed by atoms with E-state index in [0.29, 0.717) is 24.2 Å². The molecule has 2 rings (SSSR count). The summed E-state index contributed by atoms with van der Waals surface area (Å²) in [5.41, 5.74) is 12.2. The number of likely N-dealkylation sites (tertiary alicyclic amines) is 1. The number of hydrogen-bond acceptors (Lipinski definition) is 4. The van der Waals surface area contributed by atoms with E-state index in [2.05, 4.69) is 17.1 Å². The number of carbonyl (C=O) groups is 2. The third-order valence-corrected chi connectivity index (χ3v) is 4.24. The molecule has 0 bridgehead atoms. The Bertz CT molecular complexity index is 544. The molecule has 1 unspecified atom stereocenters. The molecule has 1 aromatic rings. The minimum Gasteiger partial charge on any atom is -0.366 e. The number of rotatable bonds is 6. The predicted octanol–water partition coefficient (Wildman–Crippen LogP) is 0.785. The van der Waals surface area contributed by atoms with Gasteiger partial charge in [0.25, 0.3) is 0 Å². The Kier molecular flexibility index (Phi) is 5.15. The monoisotopic (exact) mass is 304 g/mol. The molecule has 1 aliphatic rings. The molecule has 1 atom stereocenters. The van der Waals surface area contributed by atoms with Gasteiger partial charge in [0.05, 0.1) is 0 Å². The topological polar surface area (TPSA) is 101 Å². The first-order valence-electron chi connectivity index (χ1n) is 7.54. The van der Waals surface area contributed by atoms with Crippen molar-refractivity contribution in [3.05, 3.63) is 29.8 Å². The van der Waals surface area contributed by atoms with Crippen molar-refractivity contribution < 1.29 is 9.59 Å². The Labute approximate surface area is 130 Å². The number of amides is 2. The van der Waals surface area contributed by atoms with E-state index in [1.54, 1.807) is 24.3 Å². The van der Waals surface area contributed by atoms with Crippen molar-refractivity contribution in [1.29, 1.82) is 0 Å². The van der Waals surface area contributed by atoms with Gasteiger partial charge in [-0.15, -0.1) is 0 Å². The zero-order valence-electron chi connectivity index (χ0n) is 13.0. The van der Waals surface area contributed by atoms with Crippen molar-refractivity contribution in [1.82, 2.24) is 4.90 Å². The molecule has 2 amide bonds.